The van der Waals surface area contributed by atoms with Crippen LogP contribution in [0.15, 0.2) is 0 Å². The van der Waals surface area contributed by atoms with Crippen molar-refractivity contribution in [3.8, 4) is 0 Å². The van der Waals surface area contributed by atoms with Crippen molar-refractivity contribution in [2.24, 2.45) is 11.8 Å². The maximum atomic E-state index is 6.15. The van der Waals surface area contributed by atoms with Crippen LogP contribution >= 0.6 is 0 Å². The Bertz CT molecular complexity index is 616. The molecule has 0 bridgehead atoms. The summed E-state index contributed by atoms with van der Waals surface area (Å²) in [6.07, 6.45) is 10.5. The molecule has 2 aliphatic carbocycles. The molecule has 0 amide bonds. The van der Waals surface area contributed by atoms with E-state index in [1.807, 2.05) is 0 Å². The van der Waals surface area contributed by atoms with E-state index in [2.05, 4.69) is 10.2 Å². The number of nitrogens with one attached hydrogen (secondary N) is 1. The molecule has 24 heavy (non-hydrogen) atoms. The predicted octanol–water partition coefficient (Wildman–Crippen LogP) is 2.47. The lowest BCUT2D eigenvalue weighted by Gasteiger charge is -2.37. The summed E-state index contributed by atoms with van der Waals surface area (Å²) in [4.78, 5) is 12.0. The van der Waals surface area contributed by atoms with E-state index >= 15 is 0 Å². The minimum absolute atomic E-state index is 0.484. The summed E-state index contributed by atoms with van der Waals surface area (Å²) in [5.41, 5.74) is 8.88. The maximum Gasteiger partial charge on any atom is 0.222 e. The van der Waals surface area contributed by atoms with Gasteiger partial charge in [-0.05, 0) is 56.9 Å². The Kier molecular flexibility index (Phi) is 3.65. The fourth-order valence-electron chi connectivity index (χ4n) is 5.78. The topological polar surface area (TPSA) is 67.1 Å². The van der Waals surface area contributed by atoms with E-state index in [9.17, 15) is 0 Å². The Morgan fingerprint density at radius 3 is 2.75 bits per heavy atom. The lowest BCUT2D eigenvalue weighted by atomic mass is 9.70. The highest BCUT2D eigenvalue weighted by Gasteiger charge is 2.39. The van der Waals surface area contributed by atoms with Crippen LogP contribution in [-0.2, 0) is 6.42 Å². The zero-order valence-corrected chi connectivity index (χ0v) is 14.5. The molecule has 5 rings (SSSR count). The maximum absolute atomic E-state index is 6.15. The van der Waals surface area contributed by atoms with Gasteiger partial charge in [-0.1, -0.05) is 12.8 Å². The lowest BCUT2D eigenvalue weighted by molar-refractivity contribution is 0.270. The first-order valence-electron chi connectivity index (χ1n) is 9.94. The van der Waals surface area contributed by atoms with Gasteiger partial charge in [-0.3, -0.25) is 0 Å². The van der Waals surface area contributed by atoms with Crippen molar-refractivity contribution >= 4 is 11.8 Å². The molecule has 1 aromatic rings. The second-order valence-electron chi connectivity index (χ2n) is 8.33. The number of piperidine rings is 1. The van der Waals surface area contributed by atoms with E-state index in [4.69, 9.17) is 15.7 Å². The molecule has 3 fully saturated rings. The average Bonchev–Trinajstić information content (AvgIpc) is 3.05. The van der Waals surface area contributed by atoms with Crippen LogP contribution in [0.4, 0.5) is 11.8 Å². The van der Waals surface area contributed by atoms with Crippen molar-refractivity contribution in [2.75, 3.05) is 30.3 Å². The molecule has 4 aliphatic rings. The summed E-state index contributed by atoms with van der Waals surface area (Å²) in [7, 11) is 0. The normalized spacial score (nSPS) is 35.2. The number of hydrogen-bond donors (Lipinski definition) is 2. The fourth-order valence-corrected chi connectivity index (χ4v) is 5.78. The Morgan fingerprint density at radius 2 is 1.83 bits per heavy atom. The Labute approximate surface area is 144 Å². The standard InChI is InChI=1S/C19H29N5/c20-19-22-17-14-6-2-1-4-12(14)7-8-15(17)18(23-19)24-10-13-5-3-9-21-16(13)11-24/h12-14,16,21H,1-11H2,(H2,20,22,23). The van der Waals surface area contributed by atoms with E-state index in [0.29, 0.717) is 17.9 Å². The van der Waals surface area contributed by atoms with Crippen molar-refractivity contribution in [3.63, 3.8) is 0 Å². The van der Waals surface area contributed by atoms with Gasteiger partial charge in [0.15, 0.2) is 0 Å². The van der Waals surface area contributed by atoms with Crippen LogP contribution in [0, 0.1) is 11.8 Å². The van der Waals surface area contributed by atoms with Gasteiger partial charge in [-0.2, -0.15) is 4.98 Å². The average molecular weight is 327 g/mol. The van der Waals surface area contributed by atoms with Gasteiger partial charge in [0.05, 0.1) is 5.69 Å². The van der Waals surface area contributed by atoms with Crippen LogP contribution in [0.3, 0.4) is 0 Å². The highest BCUT2D eigenvalue weighted by molar-refractivity contribution is 5.55. The van der Waals surface area contributed by atoms with Crippen LogP contribution in [-0.4, -0.2) is 35.6 Å². The minimum Gasteiger partial charge on any atom is -0.368 e. The second-order valence-corrected chi connectivity index (χ2v) is 8.33. The molecule has 2 saturated heterocycles. The van der Waals surface area contributed by atoms with Gasteiger partial charge in [0.1, 0.15) is 5.82 Å². The van der Waals surface area contributed by atoms with Crippen LogP contribution in [0.1, 0.15) is 62.1 Å². The highest BCUT2D eigenvalue weighted by Crippen LogP contribution is 2.46. The monoisotopic (exact) mass is 327 g/mol. The fraction of sp³-hybridized carbons (Fsp3) is 0.789. The summed E-state index contributed by atoms with van der Waals surface area (Å²) >= 11 is 0. The van der Waals surface area contributed by atoms with E-state index < -0.39 is 0 Å². The molecule has 1 aromatic heterocycles. The quantitative estimate of drug-likeness (QED) is 0.829. The number of aromatic nitrogens is 2. The van der Waals surface area contributed by atoms with E-state index in [1.54, 1.807) is 0 Å². The van der Waals surface area contributed by atoms with Gasteiger partial charge < -0.3 is 16.0 Å². The van der Waals surface area contributed by atoms with Gasteiger partial charge in [-0.25, -0.2) is 4.98 Å². The number of rotatable bonds is 1. The summed E-state index contributed by atoms with van der Waals surface area (Å²) in [6, 6.07) is 0.636. The molecular formula is C19H29N5. The van der Waals surface area contributed by atoms with E-state index in [1.165, 1.54) is 62.7 Å². The van der Waals surface area contributed by atoms with Crippen molar-refractivity contribution < 1.29 is 0 Å². The zero-order chi connectivity index (χ0) is 16.1. The molecule has 1 saturated carbocycles. The molecule has 3 heterocycles. The molecule has 3 N–H and O–H groups in total. The summed E-state index contributed by atoms with van der Waals surface area (Å²) in [5.74, 6) is 3.89. The zero-order valence-electron chi connectivity index (χ0n) is 14.5. The SMILES string of the molecule is Nc1nc2c(c(N3CC4CCCNC4C3)n1)CCC1CCCCC21. The summed E-state index contributed by atoms with van der Waals surface area (Å²) in [5, 5.41) is 3.70. The molecule has 130 valence electrons. The molecule has 2 aliphatic heterocycles. The van der Waals surface area contributed by atoms with Crippen LogP contribution in [0.2, 0.25) is 0 Å². The number of fused-ring (bicyclic) bond motifs is 4. The third-order valence-corrected chi connectivity index (χ3v) is 6.96. The van der Waals surface area contributed by atoms with Crippen LogP contribution in [0.5, 0.6) is 0 Å². The summed E-state index contributed by atoms with van der Waals surface area (Å²) < 4.78 is 0. The Balaban J connectivity index is 1.50. The van der Waals surface area contributed by atoms with Crippen molar-refractivity contribution in [2.45, 2.75) is 63.3 Å². The first-order valence-corrected chi connectivity index (χ1v) is 9.94. The predicted molar refractivity (Wildman–Crippen MR) is 96.2 cm³/mol. The van der Waals surface area contributed by atoms with Crippen molar-refractivity contribution in [1.82, 2.24) is 15.3 Å². The number of nitrogens with zero attached hydrogens (tertiary/aromatic N) is 3. The lowest BCUT2D eigenvalue weighted by Crippen LogP contribution is -2.40. The van der Waals surface area contributed by atoms with E-state index in [0.717, 1.165) is 37.2 Å². The molecule has 4 unspecified atom stereocenters. The van der Waals surface area contributed by atoms with Gasteiger partial charge in [0.2, 0.25) is 5.95 Å². The van der Waals surface area contributed by atoms with Crippen molar-refractivity contribution in [1.29, 1.82) is 0 Å². The second kappa shape index (κ2) is 5.87. The first-order chi connectivity index (χ1) is 11.8. The smallest absolute Gasteiger partial charge is 0.222 e. The van der Waals surface area contributed by atoms with Gasteiger partial charge in [-0.15, -0.1) is 0 Å². The van der Waals surface area contributed by atoms with Gasteiger partial charge >= 0.3 is 0 Å². The van der Waals surface area contributed by atoms with Crippen molar-refractivity contribution in [3.05, 3.63) is 11.3 Å². The molecular weight excluding hydrogens is 298 g/mol. The molecule has 0 aromatic carbocycles. The highest BCUT2D eigenvalue weighted by atomic mass is 15.3. The largest absolute Gasteiger partial charge is 0.368 e. The Morgan fingerprint density at radius 1 is 0.958 bits per heavy atom. The number of anilines is 2. The first kappa shape index (κ1) is 14.9. The molecule has 0 radical (unpaired) electrons. The molecule has 0 spiro atoms. The summed E-state index contributed by atoms with van der Waals surface area (Å²) in [6.45, 7) is 3.39. The number of nitrogens with two attached hydrogens (primary N) is 1. The number of hydrogen-bond acceptors (Lipinski definition) is 5. The minimum atomic E-state index is 0.484. The van der Waals surface area contributed by atoms with Gasteiger partial charge in [0, 0.05) is 30.6 Å². The third kappa shape index (κ3) is 2.40. The third-order valence-electron chi connectivity index (χ3n) is 6.96. The Hall–Kier alpha value is -1.36. The van der Waals surface area contributed by atoms with Crippen LogP contribution in [0.25, 0.3) is 0 Å². The van der Waals surface area contributed by atoms with Crippen LogP contribution < -0.4 is 16.0 Å². The molecule has 4 atom stereocenters. The molecule has 5 heteroatoms. The molecule has 5 nitrogen and oxygen atoms in total. The number of nitrogen functional groups attached to an aromatic ring is 1. The van der Waals surface area contributed by atoms with E-state index in [-0.39, 0.29) is 0 Å². The van der Waals surface area contributed by atoms with Gasteiger partial charge in [0.25, 0.3) is 0 Å².